The molecule has 7 heteroatoms. The van der Waals surface area contributed by atoms with Crippen molar-refractivity contribution in [2.24, 2.45) is 0 Å². The minimum Gasteiger partial charge on any atom is -0.493 e. The monoisotopic (exact) mass is 344 g/mol. The molecule has 1 heterocycles. The molecule has 25 heavy (non-hydrogen) atoms. The molecular weight excluding hydrogens is 324 g/mol. The number of hydrogen-bond donors (Lipinski definition) is 1. The molecule has 1 aliphatic carbocycles. The first-order valence-electron chi connectivity index (χ1n) is 8.02. The van der Waals surface area contributed by atoms with Crippen molar-refractivity contribution in [1.29, 1.82) is 0 Å². The fourth-order valence-electron chi connectivity index (χ4n) is 3.60. The lowest BCUT2D eigenvalue weighted by Gasteiger charge is -2.30. The third-order valence-corrected chi connectivity index (χ3v) is 4.79. The van der Waals surface area contributed by atoms with Crippen LogP contribution in [0, 0.1) is 10.1 Å². The summed E-state index contributed by atoms with van der Waals surface area (Å²) in [5.41, 5.74) is 3.17. The van der Waals surface area contributed by atoms with Crippen LogP contribution >= 0.6 is 0 Å². The Morgan fingerprint density at radius 1 is 1.28 bits per heavy atom. The number of aliphatic hydroxyl groups is 1. The van der Waals surface area contributed by atoms with Gasteiger partial charge in [-0.15, -0.1) is 0 Å². The zero-order chi connectivity index (χ0) is 18.0. The van der Waals surface area contributed by atoms with Crippen LogP contribution in [0.15, 0.2) is 30.6 Å². The number of aromatic nitrogens is 1. The van der Waals surface area contributed by atoms with Crippen LogP contribution in [0.1, 0.15) is 34.6 Å². The number of nitrogens with zero attached hydrogens (tertiary/aromatic N) is 2. The van der Waals surface area contributed by atoms with Crippen LogP contribution in [0.2, 0.25) is 0 Å². The molecule has 0 bridgehead atoms. The molecule has 0 amide bonds. The van der Waals surface area contributed by atoms with Crippen molar-refractivity contribution >= 4 is 0 Å². The molecule has 1 aromatic carbocycles. The van der Waals surface area contributed by atoms with Gasteiger partial charge in [0.2, 0.25) is 6.04 Å². The molecule has 0 saturated heterocycles. The van der Waals surface area contributed by atoms with Crippen molar-refractivity contribution in [3.8, 4) is 11.5 Å². The lowest BCUT2D eigenvalue weighted by Crippen LogP contribution is -2.33. The topological polar surface area (TPSA) is 94.7 Å². The van der Waals surface area contributed by atoms with Gasteiger partial charge in [0.25, 0.3) is 0 Å². The van der Waals surface area contributed by atoms with Gasteiger partial charge in [-0.25, -0.2) is 0 Å². The number of aliphatic hydroxyl groups excluding tert-OH is 1. The molecule has 1 aromatic heterocycles. The quantitative estimate of drug-likeness (QED) is 0.661. The number of rotatable bonds is 5. The summed E-state index contributed by atoms with van der Waals surface area (Å²) < 4.78 is 10.7. The summed E-state index contributed by atoms with van der Waals surface area (Å²) in [6.07, 6.45) is 4.17. The Labute approximate surface area is 145 Å². The van der Waals surface area contributed by atoms with E-state index in [9.17, 15) is 15.2 Å². The van der Waals surface area contributed by atoms with E-state index < -0.39 is 12.0 Å². The van der Waals surface area contributed by atoms with Gasteiger partial charge < -0.3 is 14.6 Å². The van der Waals surface area contributed by atoms with Crippen molar-refractivity contribution in [2.75, 3.05) is 14.2 Å². The number of pyridine rings is 1. The van der Waals surface area contributed by atoms with Crippen LogP contribution in [-0.4, -0.2) is 35.3 Å². The van der Waals surface area contributed by atoms with Crippen LogP contribution in [0.25, 0.3) is 0 Å². The smallest absolute Gasteiger partial charge is 0.224 e. The SMILES string of the molecule is COc1cc2c(cc1OC)[C@@H](c1ccncc1CO)[C@H]([N+](=O)[O-])CC2. The van der Waals surface area contributed by atoms with Crippen LogP contribution in [0.4, 0.5) is 0 Å². The molecule has 0 aliphatic heterocycles. The van der Waals surface area contributed by atoms with E-state index in [-0.39, 0.29) is 11.5 Å². The molecule has 0 radical (unpaired) electrons. The fraction of sp³-hybridized carbons (Fsp3) is 0.389. The van der Waals surface area contributed by atoms with Gasteiger partial charge in [-0.05, 0) is 46.9 Å². The summed E-state index contributed by atoms with van der Waals surface area (Å²) in [7, 11) is 3.11. The Hall–Kier alpha value is -2.67. The molecule has 2 aromatic rings. The second-order valence-electron chi connectivity index (χ2n) is 6.01. The summed E-state index contributed by atoms with van der Waals surface area (Å²) in [4.78, 5) is 15.5. The standard InChI is InChI=1S/C18H20N2O5/c1-24-16-7-11-3-4-15(20(22)23)18(14(11)8-17(16)25-2)13-5-6-19-9-12(13)10-21/h5-9,15,18,21H,3-4,10H2,1-2H3/t15-,18-/m1/s1. The number of hydrogen-bond acceptors (Lipinski definition) is 6. The van der Waals surface area contributed by atoms with Gasteiger partial charge in [-0.3, -0.25) is 15.1 Å². The van der Waals surface area contributed by atoms with Crippen LogP contribution < -0.4 is 9.47 Å². The average Bonchev–Trinajstić information content (AvgIpc) is 2.65. The van der Waals surface area contributed by atoms with Gasteiger partial charge in [-0.2, -0.15) is 0 Å². The maximum absolute atomic E-state index is 11.7. The Morgan fingerprint density at radius 3 is 2.64 bits per heavy atom. The number of benzene rings is 1. The summed E-state index contributed by atoms with van der Waals surface area (Å²) >= 11 is 0. The first-order valence-corrected chi connectivity index (χ1v) is 8.02. The second-order valence-corrected chi connectivity index (χ2v) is 6.01. The minimum absolute atomic E-state index is 0.216. The molecular formula is C18H20N2O5. The first-order chi connectivity index (χ1) is 12.1. The Bertz CT molecular complexity index is 793. The summed E-state index contributed by atoms with van der Waals surface area (Å²) in [6, 6.07) is 4.68. The minimum atomic E-state index is -0.765. The van der Waals surface area contributed by atoms with Crippen molar-refractivity contribution in [3.63, 3.8) is 0 Å². The lowest BCUT2D eigenvalue weighted by atomic mass is 9.74. The molecule has 0 fully saturated rings. The Kier molecular flexibility index (Phi) is 4.85. The molecule has 1 N–H and O–H groups in total. The van der Waals surface area contributed by atoms with Crippen molar-refractivity contribution in [1.82, 2.24) is 4.98 Å². The number of methoxy groups -OCH3 is 2. The summed E-state index contributed by atoms with van der Waals surface area (Å²) in [5.74, 6) is 0.676. The van der Waals surface area contributed by atoms with E-state index in [1.807, 2.05) is 12.1 Å². The van der Waals surface area contributed by atoms with Gasteiger partial charge in [0.1, 0.15) is 0 Å². The molecule has 0 unspecified atom stereocenters. The van der Waals surface area contributed by atoms with Gasteiger partial charge in [0, 0.05) is 23.7 Å². The second kappa shape index (κ2) is 7.06. The van der Waals surface area contributed by atoms with Crippen LogP contribution in [0.5, 0.6) is 11.5 Å². The molecule has 0 saturated carbocycles. The van der Waals surface area contributed by atoms with E-state index in [0.29, 0.717) is 29.9 Å². The van der Waals surface area contributed by atoms with E-state index in [2.05, 4.69) is 4.98 Å². The highest BCUT2D eigenvalue weighted by Gasteiger charge is 2.40. The maximum atomic E-state index is 11.7. The first kappa shape index (κ1) is 17.2. The number of nitro groups is 1. The van der Waals surface area contributed by atoms with Crippen molar-refractivity contribution in [3.05, 3.63) is 63.0 Å². The highest BCUT2D eigenvalue weighted by molar-refractivity contribution is 5.53. The Morgan fingerprint density at radius 2 is 2.00 bits per heavy atom. The third-order valence-electron chi connectivity index (χ3n) is 4.79. The Balaban J connectivity index is 2.22. The van der Waals surface area contributed by atoms with Gasteiger partial charge >= 0.3 is 0 Å². The fourth-order valence-corrected chi connectivity index (χ4v) is 3.60. The van der Waals surface area contributed by atoms with E-state index in [0.717, 1.165) is 16.7 Å². The zero-order valence-corrected chi connectivity index (χ0v) is 14.1. The molecule has 0 spiro atoms. The molecule has 132 valence electrons. The van der Waals surface area contributed by atoms with Gasteiger partial charge in [0.05, 0.1) is 26.7 Å². The average molecular weight is 344 g/mol. The van der Waals surface area contributed by atoms with E-state index >= 15 is 0 Å². The normalized spacial score (nSPS) is 19.2. The predicted octanol–water partition coefficient (Wildman–Crippen LogP) is 2.31. The number of aryl methyl sites for hydroxylation is 1. The van der Waals surface area contributed by atoms with E-state index in [1.165, 1.54) is 0 Å². The summed E-state index contributed by atoms with van der Waals surface area (Å²) in [5, 5.41) is 21.3. The molecule has 3 rings (SSSR count). The molecule has 7 nitrogen and oxygen atoms in total. The van der Waals surface area contributed by atoms with Crippen molar-refractivity contribution in [2.45, 2.75) is 31.4 Å². The molecule has 1 aliphatic rings. The zero-order valence-electron chi connectivity index (χ0n) is 14.1. The van der Waals surface area contributed by atoms with Gasteiger partial charge in [0.15, 0.2) is 11.5 Å². The highest BCUT2D eigenvalue weighted by atomic mass is 16.6. The van der Waals surface area contributed by atoms with Crippen LogP contribution in [-0.2, 0) is 13.0 Å². The van der Waals surface area contributed by atoms with Gasteiger partial charge in [-0.1, -0.05) is 0 Å². The lowest BCUT2D eigenvalue weighted by molar-refractivity contribution is -0.526. The molecule has 2 atom stereocenters. The highest BCUT2D eigenvalue weighted by Crippen LogP contribution is 2.43. The maximum Gasteiger partial charge on any atom is 0.224 e. The predicted molar refractivity (Wildman–Crippen MR) is 90.7 cm³/mol. The van der Waals surface area contributed by atoms with Crippen molar-refractivity contribution < 1.29 is 19.5 Å². The van der Waals surface area contributed by atoms with Crippen LogP contribution in [0.3, 0.4) is 0 Å². The number of ether oxygens (including phenoxy) is 2. The summed E-state index contributed by atoms with van der Waals surface area (Å²) in [6.45, 7) is -0.216. The largest absolute Gasteiger partial charge is 0.493 e. The number of fused-ring (bicyclic) bond motifs is 1. The van der Waals surface area contributed by atoms with E-state index in [1.54, 1.807) is 32.7 Å². The third kappa shape index (κ3) is 3.02. The van der Waals surface area contributed by atoms with E-state index in [4.69, 9.17) is 9.47 Å².